The molecule has 3 rings (SSSR count). The Morgan fingerprint density at radius 3 is 2.19 bits per heavy atom. The molecule has 1 aliphatic carbocycles. The molecule has 0 radical (unpaired) electrons. The zero-order valence-corrected chi connectivity index (χ0v) is 10.9. The summed E-state index contributed by atoms with van der Waals surface area (Å²) in [6, 6.07) is 0. The lowest BCUT2D eigenvalue weighted by atomic mass is 10.0. The van der Waals surface area contributed by atoms with Crippen LogP contribution in [-0.2, 0) is 10.0 Å². The fourth-order valence-corrected chi connectivity index (χ4v) is 4.70. The van der Waals surface area contributed by atoms with Crippen LogP contribution in [0.5, 0.6) is 0 Å². The zero-order chi connectivity index (χ0) is 10.5. The summed E-state index contributed by atoms with van der Waals surface area (Å²) >= 11 is 0. The van der Waals surface area contributed by atoms with Crippen molar-refractivity contribution in [3.63, 3.8) is 0 Å². The first-order valence-corrected chi connectivity index (χ1v) is 7.44. The van der Waals surface area contributed by atoms with Crippen LogP contribution in [0.25, 0.3) is 0 Å². The summed E-state index contributed by atoms with van der Waals surface area (Å²) in [5, 5.41) is 3.33. The Bertz CT molecular complexity index is 344. The van der Waals surface area contributed by atoms with Gasteiger partial charge in [0.05, 0.1) is 5.75 Å². The smallest absolute Gasteiger partial charge is 0.214 e. The van der Waals surface area contributed by atoms with E-state index in [1.807, 2.05) is 0 Å². The molecule has 16 heavy (non-hydrogen) atoms. The van der Waals surface area contributed by atoms with Gasteiger partial charge in [0.2, 0.25) is 10.0 Å². The van der Waals surface area contributed by atoms with Crippen LogP contribution >= 0.6 is 12.4 Å². The van der Waals surface area contributed by atoms with E-state index in [2.05, 4.69) is 5.32 Å². The second-order valence-electron chi connectivity index (χ2n) is 5.22. The van der Waals surface area contributed by atoms with E-state index in [-0.39, 0.29) is 12.4 Å². The number of sulfonamides is 1. The van der Waals surface area contributed by atoms with Crippen molar-refractivity contribution in [2.75, 3.05) is 31.9 Å². The fourth-order valence-electron chi connectivity index (χ4n) is 2.73. The molecule has 0 unspecified atom stereocenters. The highest BCUT2D eigenvalue weighted by Gasteiger charge is 2.42. The largest absolute Gasteiger partial charge is 0.316 e. The molecule has 94 valence electrons. The Labute approximate surface area is 103 Å². The highest BCUT2D eigenvalue weighted by molar-refractivity contribution is 7.89. The number of fused-ring (bicyclic) bond motifs is 1. The molecule has 1 N–H and O–H groups in total. The van der Waals surface area contributed by atoms with Crippen molar-refractivity contribution in [2.24, 2.45) is 17.8 Å². The first-order chi connectivity index (χ1) is 7.15. The average molecular weight is 267 g/mol. The number of rotatable bonds is 3. The van der Waals surface area contributed by atoms with Crippen LogP contribution in [0, 0.1) is 17.8 Å². The summed E-state index contributed by atoms with van der Waals surface area (Å²) in [6.07, 6.45) is 2.23. The Morgan fingerprint density at radius 2 is 1.69 bits per heavy atom. The Balaban J connectivity index is 0.000000963. The van der Waals surface area contributed by atoms with Crippen LogP contribution in [-0.4, -0.2) is 44.7 Å². The molecule has 2 heterocycles. The molecule has 0 aromatic rings. The molecular formula is C10H19ClN2O2S. The first-order valence-electron chi connectivity index (χ1n) is 5.84. The van der Waals surface area contributed by atoms with Gasteiger partial charge in [0.1, 0.15) is 0 Å². The number of nitrogens with one attached hydrogen (secondary N) is 1. The van der Waals surface area contributed by atoms with Gasteiger partial charge in [-0.15, -0.1) is 12.4 Å². The highest BCUT2D eigenvalue weighted by atomic mass is 35.5. The summed E-state index contributed by atoms with van der Waals surface area (Å²) in [6.45, 7) is 3.51. The molecule has 4 nitrogen and oxygen atoms in total. The van der Waals surface area contributed by atoms with Crippen molar-refractivity contribution in [3.8, 4) is 0 Å². The number of nitrogens with zero attached hydrogens (tertiary/aromatic N) is 1. The van der Waals surface area contributed by atoms with E-state index >= 15 is 0 Å². The van der Waals surface area contributed by atoms with Gasteiger partial charge in [0, 0.05) is 13.1 Å². The fraction of sp³-hybridized carbons (Fsp3) is 1.00. The van der Waals surface area contributed by atoms with E-state index in [4.69, 9.17) is 0 Å². The second-order valence-corrected chi connectivity index (χ2v) is 7.23. The van der Waals surface area contributed by atoms with Crippen LogP contribution in [0.15, 0.2) is 0 Å². The third-order valence-corrected chi connectivity index (χ3v) is 5.87. The summed E-state index contributed by atoms with van der Waals surface area (Å²) in [5.74, 6) is 2.01. The van der Waals surface area contributed by atoms with Crippen LogP contribution in [0.2, 0.25) is 0 Å². The minimum atomic E-state index is -2.93. The summed E-state index contributed by atoms with van der Waals surface area (Å²) in [7, 11) is -2.93. The van der Waals surface area contributed by atoms with Gasteiger partial charge in [-0.25, -0.2) is 12.7 Å². The minimum Gasteiger partial charge on any atom is -0.316 e. The van der Waals surface area contributed by atoms with E-state index in [1.165, 1.54) is 0 Å². The van der Waals surface area contributed by atoms with Crippen LogP contribution in [0.1, 0.15) is 12.8 Å². The maximum atomic E-state index is 12.0. The number of hydrogen-bond acceptors (Lipinski definition) is 3. The molecule has 3 aliphatic rings. The second kappa shape index (κ2) is 4.44. The standard InChI is InChI=1S/C10H18N2O2S.ClH/c13-15(14,7-8-1-2-8)12-5-9-3-11-4-10(9)6-12;/h8-11H,1-7H2;1H/t9-,10+;. The number of halogens is 1. The number of hydrogen-bond donors (Lipinski definition) is 1. The molecule has 2 atom stereocenters. The van der Waals surface area contributed by atoms with Crippen molar-refractivity contribution in [3.05, 3.63) is 0 Å². The van der Waals surface area contributed by atoms with Gasteiger partial charge in [-0.1, -0.05) is 0 Å². The third kappa shape index (κ3) is 2.37. The third-order valence-electron chi connectivity index (χ3n) is 3.89. The molecule has 2 saturated heterocycles. The Hall–Kier alpha value is 0.160. The first kappa shape index (κ1) is 12.6. The predicted octanol–water partition coefficient (Wildman–Crippen LogP) is 0.299. The lowest BCUT2D eigenvalue weighted by molar-refractivity contribution is 0.446. The van der Waals surface area contributed by atoms with E-state index in [0.717, 1.165) is 39.0 Å². The van der Waals surface area contributed by atoms with Crippen LogP contribution < -0.4 is 5.32 Å². The van der Waals surface area contributed by atoms with Gasteiger partial charge >= 0.3 is 0 Å². The van der Waals surface area contributed by atoms with Crippen molar-refractivity contribution < 1.29 is 8.42 Å². The van der Waals surface area contributed by atoms with Gasteiger partial charge in [-0.05, 0) is 43.7 Å². The topological polar surface area (TPSA) is 49.4 Å². The van der Waals surface area contributed by atoms with Crippen LogP contribution in [0.4, 0.5) is 0 Å². The molecule has 0 aromatic heterocycles. The van der Waals surface area contributed by atoms with Crippen molar-refractivity contribution in [1.82, 2.24) is 9.62 Å². The van der Waals surface area contributed by atoms with Gasteiger partial charge in [0.15, 0.2) is 0 Å². The van der Waals surface area contributed by atoms with Gasteiger partial charge < -0.3 is 5.32 Å². The Kier molecular flexibility index (Phi) is 3.50. The molecule has 0 bridgehead atoms. The molecule has 1 saturated carbocycles. The lowest BCUT2D eigenvalue weighted by Gasteiger charge is -2.16. The molecule has 0 amide bonds. The van der Waals surface area contributed by atoms with Gasteiger partial charge in [-0.3, -0.25) is 0 Å². The summed E-state index contributed by atoms with van der Waals surface area (Å²) in [4.78, 5) is 0. The van der Waals surface area contributed by atoms with E-state index in [9.17, 15) is 8.42 Å². The summed E-state index contributed by atoms with van der Waals surface area (Å²) < 4.78 is 25.8. The molecule has 2 aliphatic heterocycles. The average Bonchev–Trinajstić information content (AvgIpc) is 2.72. The highest BCUT2D eigenvalue weighted by Crippen LogP contribution is 2.34. The predicted molar refractivity (Wildman–Crippen MR) is 65.2 cm³/mol. The van der Waals surface area contributed by atoms with E-state index < -0.39 is 10.0 Å². The normalized spacial score (nSPS) is 34.8. The SMILES string of the molecule is Cl.O=S(=O)(CC1CC1)N1C[C@H]2CNC[C@H]2C1. The lowest BCUT2D eigenvalue weighted by Crippen LogP contribution is -2.34. The van der Waals surface area contributed by atoms with E-state index in [1.54, 1.807) is 4.31 Å². The molecule has 0 aromatic carbocycles. The van der Waals surface area contributed by atoms with Crippen molar-refractivity contribution in [1.29, 1.82) is 0 Å². The maximum absolute atomic E-state index is 12.0. The van der Waals surface area contributed by atoms with Gasteiger partial charge in [0.25, 0.3) is 0 Å². The van der Waals surface area contributed by atoms with E-state index in [0.29, 0.717) is 23.5 Å². The molecule has 6 heteroatoms. The quantitative estimate of drug-likeness (QED) is 0.799. The minimum absolute atomic E-state index is 0. The monoisotopic (exact) mass is 266 g/mol. The van der Waals surface area contributed by atoms with Gasteiger partial charge in [-0.2, -0.15) is 0 Å². The van der Waals surface area contributed by atoms with Crippen molar-refractivity contribution in [2.45, 2.75) is 12.8 Å². The van der Waals surface area contributed by atoms with Crippen molar-refractivity contribution >= 4 is 22.4 Å². The zero-order valence-electron chi connectivity index (χ0n) is 9.26. The van der Waals surface area contributed by atoms with Crippen LogP contribution in [0.3, 0.4) is 0 Å². The molecule has 3 fully saturated rings. The molecular weight excluding hydrogens is 248 g/mol. The molecule has 0 spiro atoms. The summed E-state index contributed by atoms with van der Waals surface area (Å²) in [5.41, 5.74) is 0. The maximum Gasteiger partial charge on any atom is 0.214 e. The Morgan fingerprint density at radius 1 is 1.12 bits per heavy atom.